The van der Waals surface area contributed by atoms with Crippen LogP contribution in [0.5, 0.6) is 0 Å². The van der Waals surface area contributed by atoms with Crippen molar-refractivity contribution in [3.8, 4) is 5.69 Å². The fraction of sp³-hybridized carbons (Fsp3) is 0.375. The van der Waals surface area contributed by atoms with Crippen LogP contribution < -0.4 is 0 Å². The third kappa shape index (κ3) is 5.00. The largest absolute Gasteiger partial charge is 0.336 e. The predicted molar refractivity (Wildman–Crippen MR) is 130 cm³/mol. The van der Waals surface area contributed by atoms with E-state index in [0.29, 0.717) is 10.8 Å². The van der Waals surface area contributed by atoms with E-state index in [1.165, 1.54) is 0 Å². The summed E-state index contributed by atoms with van der Waals surface area (Å²) in [4.78, 5) is 17.4. The van der Waals surface area contributed by atoms with E-state index in [-0.39, 0.29) is 11.8 Å². The van der Waals surface area contributed by atoms with E-state index in [1.54, 1.807) is 11.8 Å². The highest BCUT2D eigenvalue weighted by molar-refractivity contribution is 7.98. The Kier molecular flexibility index (Phi) is 7.18. The molecule has 8 heteroatoms. The fourth-order valence-corrected chi connectivity index (χ4v) is 4.93. The van der Waals surface area contributed by atoms with Crippen LogP contribution in [0.1, 0.15) is 41.5 Å². The van der Waals surface area contributed by atoms with Crippen LogP contribution in [0.25, 0.3) is 5.69 Å². The number of benzene rings is 2. The Morgan fingerprint density at radius 2 is 1.81 bits per heavy atom. The smallest absolute Gasteiger partial charge is 0.254 e. The number of hydrogen-bond donors (Lipinski definition) is 0. The molecule has 0 aliphatic carbocycles. The molecule has 1 aliphatic rings. The van der Waals surface area contributed by atoms with Gasteiger partial charge in [0.05, 0.1) is 5.69 Å². The second kappa shape index (κ2) is 10.1. The molecular weight excluding hydrogens is 442 g/mol. The van der Waals surface area contributed by atoms with Crippen molar-refractivity contribution in [2.45, 2.75) is 30.7 Å². The Bertz CT molecular complexity index is 1090. The number of halogens is 1. The molecule has 2 aromatic carbocycles. The van der Waals surface area contributed by atoms with E-state index in [1.807, 2.05) is 53.4 Å². The van der Waals surface area contributed by atoms with Crippen LogP contribution in [0.4, 0.5) is 0 Å². The van der Waals surface area contributed by atoms with Gasteiger partial charge >= 0.3 is 0 Å². The van der Waals surface area contributed by atoms with Gasteiger partial charge in [-0.2, -0.15) is 0 Å². The Labute approximate surface area is 198 Å². The number of nitrogens with zero attached hydrogens (tertiary/aromatic N) is 5. The van der Waals surface area contributed by atoms with Gasteiger partial charge in [-0.15, -0.1) is 10.2 Å². The molecule has 2 heterocycles. The second-order valence-electron chi connectivity index (χ2n) is 8.35. The lowest BCUT2D eigenvalue weighted by atomic mass is 10.1. The van der Waals surface area contributed by atoms with Gasteiger partial charge < -0.3 is 9.80 Å². The van der Waals surface area contributed by atoms with Crippen molar-refractivity contribution in [1.29, 1.82) is 0 Å². The summed E-state index contributed by atoms with van der Waals surface area (Å²) in [6, 6.07) is 15.6. The van der Waals surface area contributed by atoms with E-state index in [4.69, 9.17) is 11.6 Å². The molecule has 0 saturated carbocycles. The Hall–Kier alpha value is -2.35. The van der Waals surface area contributed by atoms with Crippen LogP contribution in [-0.4, -0.2) is 63.7 Å². The van der Waals surface area contributed by atoms with Crippen molar-refractivity contribution in [3.63, 3.8) is 0 Å². The summed E-state index contributed by atoms with van der Waals surface area (Å²) in [6.07, 6.45) is 0. The topological polar surface area (TPSA) is 54.3 Å². The molecular formula is C24H28ClN5OS. The van der Waals surface area contributed by atoms with Crippen molar-refractivity contribution in [2.75, 3.05) is 33.2 Å². The third-order valence-corrected chi connectivity index (χ3v) is 6.85. The van der Waals surface area contributed by atoms with Gasteiger partial charge in [0, 0.05) is 48.4 Å². The number of carbonyl (C=O) groups excluding carboxylic acids is 1. The van der Waals surface area contributed by atoms with Gasteiger partial charge in [-0.05, 0) is 36.9 Å². The number of hydrogen-bond acceptors (Lipinski definition) is 5. The lowest BCUT2D eigenvalue weighted by molar-refractivity contribution is 0.0663. The highest BCUT2D eigenvalue weighted by Crippen LogP contribution is 2.30. The highest BCUT2D eigenvalue weighted by Gasteiger charge is 2.23. The summed E-state index contributed by atoms with van der Waals surface area (Å²) >= 11 is 7.84. The van der Waals surface area contributed by atoms with Crippen LogP contribution >= 0.6 is 23.4 Å². The van der Waals surface area contributed by atoms with E-state index in [0.717, 1.165) is 54.0 Å². The summed E-state index contributed by atoms with van der Waals surface area (Å²) < 4.78 is 2.06. The van der Waals surface area contributed by atoms with Gasteiger partial charge in [-0.1, -0.05) is 61.5 Å². The van der Waals surface area contributed by atoms with Crippen LogP contribution in [-0.2, 0) is 5.75 Å². The first-order valence-corrected chi connectivity index (χ1v) is 12.2. The number of aromatic nitrogens is 3. The molecule has 6 nitrogen and oxygen atoms in total. The molecule has 1 aliphatic heterocycles. The molecule has 1 fully saturated rings. The van der Waals surface area contributed by atoms with Crippen LogP contribution in [0.2, 0.25) is 5.02 Å². The molecule has 0 unspecified atom stereocenters. The zero-order valence-corrected chi connectivity index (χ0v) is 20.2. The van der Waals surface area contributed by atoms with Gasteiger partial charge in [-0.3, -0.25) is 9.36 Å². The standard InChI is InChI=1S/C24H28ClN5OS/c1-17(2)22-26-27-24(30(22)20-9-6-8-19(25)15-20)32-16-18-7-4-5-10-21(18)23(31)29-13-11-28(3)12-14-29/h4-10,15,17H,11-14,16H2,1-3H3. The number of likely N-dealkylation sites (N-methyl/N-ethyl adjacent to an activating group) is 1. The van der Waals surface area contributed by atoms with Gasteiger partial charge in [0.15, 0.2) is 5.16 Å². The predicted octanol–water partition coefficient (Wildman–Crippen LogP) is 4.72. The SMILES string of the molecule is CC(C)c1nnc(SCc2ccccc2C(=O)N2CCN(C)CC2)n1-c1cccc(Cl)c1. The minimum atomic E-state index is 0.105. The Balaban J connectivity index is 1.58. The number of amides is 1. The van der Waals surface area contributed by atoms with E-state index in [9.17, 15) is 4.79 Å². The number of rotatable bonds is 6. The maximum Gasteiger partial charge on any atom is 0.254 e. The Morgan fingerprint density at radius 1 is 1.06 bits per heavy atom. The first-order chi connectivity index (χ1) is 15.4. The number of carbonyl (C=O) groups is 1. The fourth-order valence-electron chi connectivity index (χ4n) is 3.78. The maximum atomic E-state index is 13.2. The molecule has 0 radical (unpaired) electrons. The average Bonchev–Trinajstić information content (AvgIpc) is 3.22. The quantitative estimate of drug-likeness (QED) is 0.489. The van der Waals surface area contributed by atoms with E-state index < -0.39 is 0 Å². The van der Waals surface area contributed by atoms with Gasteiger partial charge in [0.2, 0.25) is 0 Å². The van der Waals surface area contributed by atoms with Crippen LogP contribution in [0.3, 0.4) is 0 Å². The number of piperazine rings is 1. The second-order valence-corrected chi connectivity index (χ2v) is 9.73. The van der Waals surface area contributed by atoms with Crippen molar-refractivity contribution < 1.29 is 4.79 Å². The molecule has 0 bridgehead atoms. The summed E-state index contributed by atoms with van der Waals surface area (Å²) in [5, 5.41) is 10.4. The minimum Gasteiger partial charge on any atom is -0.336 e. The molecule has 1 amide bonds. The highest BCUT2D eigenvalue weighted by atomic mass is 35.5. The minimum absolute atomic E-state index is 0.105. The molecule has 1 aromatic heterocycles. The molecule has 32 heavy (non-hydrogen) atoms. The van der Waals surface area contributed by atoms with Crippen molar-refractivity contribution in [2.24, 2.45) is 0 Å². The summed E-state index contributed by atoms with van der Waals surface area (Å²) in [5.41, 5.74) is 2.71. The normalized spacial score (nSPS) is 14.8. The molecule has 1 saturated heterocycles. The first-order valence-electron chi connectivity index (χ1n) is 10.8. The summed E-state index contributed by atoms with van der Waals surface area (Å²) in [6.45, 7) is 7.54. The average molecular weight is 470 g/mol. The zero-order chi connectivity index (χ0) is 22.7. The van der Waals surface area contributed by atoms with E-state index in [2.05, 4.69) is 40.6 Å². The summed E-state index contributed by atoms with van der Waals surface area (Å²) in [5.74, 6) is 1.83. The molecule has 0 atom stereocenters. The van der Waals surface area contributed by atoms with Crippen LogP contribution in [0.15, 0.2) is 53.7 Å². The van der Waals surface area contributed by atoms with Crippen LogP contribution in [0, 0.1) is 0 Å². The Morgan fingerprint density at radius 3 is 2.53 bits per heavy atom. The van der Waals surface area contributed by atoms with Gasteiger partial charge in [0.25, 0.3) is 5.91 Å². The van der Waals surface area contributed by atoms with Gasteiger partial charge in [-0.25, -0.2) is 0 Å². The van der Waals surface area contributed by atoms with Crippen molar-refractivity contribution in [1.82, 2.24) is 24.6 Å². The lowest BCUT2D eigenvalue weighted by Crippen LogP contribution is -2.47. The monoisotopic (exact) mass is 469 g/mol. The molecule has 0 spiro atoms. The summed E-state index contributed by atoms with van der Waals surface area (Å²) in [7, 11) is 2.09. The van der Waals surface area contributed by atoms with Crippen molar-refractivity contribution in [3.05, 3.63) is 70.5 Å². The first kappa shape index (κ1) is 22.8. The molecule has 0 N–H and O–H groups in total. The van der Waals surface area contributed by atoms with Gasteiger partial charge in [0.1, 0.15) is 5.82 Å². The molecule has 3 aromatic rings. The lowest BCUT2D eigenvalue weighted by Gasteiger charge is -2.32. The van der Waals surface area contributed by atoms with E-state index >= 15 is 0 Å². The molecule has 4 rings (SSSR count). The maximum absolute atomic E-state index is 13.2. The molecule has 168 valence electrons. The van der Waals surface area contributed by atoms with Crippen molar-refractivity contribution >= 4 is 29.3 Å². The third-order valence-electron chi connectivity index (χ3n) is 5.64. The number of thioether (sulfide) groups is 1. The zero-order valence-electron chi connectivity index (χ0n) is 18.7.